The minimum absolute atomic E-state index is 0.438. The molecule has 0 N–H and O–H groups in total. The summed E-state index contributed by atoms with van der Waals surface area (Å²) in [5, 5.41) is 2.50. The van der Waals surface area contributed by atoms with Gasteiger partial charge in [0.1, 0.15) is 0 Å². The fraction of sp³-hybridized carbons (Fsp3) is 0.0196. The topological polar surface area (TPSA) is 30.7 Å². The van der Waals surface area contributed by atoms with Gasteiger partial charge in [0.2, 0.25) is 0 Å². The summed E-state index contributed by atoms with van der Waals surface area (Å²) in [5.41, 5.74) is 16.7. The maximum atomic E-state index is 5.19. The Hall–Kier alpha value is -6.75. The first-order valence-corrected chi connectivity index (χ1v) is 19.6. The van der Waals surface area contributed by atoms with Gasteiger partial charge in [-0.2, -0.15) is 0 Å². The van der Waals surface area contributed by atoms with Crippen LogP contribution in [-0.2, 0) is 5.41 Å². The van der Waals surface area contributed by atoms with E-state index in [4.69, 9.17) is 9.97 Å². The zero-order valence-corrected chi connectivity index (χ0v) is 30.5. The fourth-order valence-corrected chi connectivity index (χ4v) is 10.6. The van der Waals surface area contributed by atoms with Gasteiger partial charge in [0.05, 0.1) is 38.9 Å². The molecular formula is C51H31N3S. The highest BCUT2D eigenvalue weighted by molar-refractivity contribution is 7.99. The van der Waals surface area contributed by atoms with E-state index in [0.717, 1.165) is 39.2 Å². The molecule has 2 aliphatic rings. The average Bonchev–Trinajstić information content (AvgIpc) is 3.73. The molecule has 1 aliphatic heterocycles. The van der Waals surface area contributed by atoms with Crippen LogP contribution in [-0.4, -0.2) is 14.5 Å². The van der Waals surface area contributed by atoms with Crippen LogP contribution in [0.4, 0.5) is 0 Å². The smallest absolute Gasteiger partial charge is 0.0973 e. The molecule has 0 bridgehead atoms. The predicted octanol–water partition coefficient (Wildman–Crippen LogP) is 12.9. The van der Waals surface area contributed by atoms with E-state index in [-0.39, 0.29) is 0 Å². The molecule has 0 saturated carbocycles. The third-order valence-electron chi connectivity index (χ3n) is 11.7. The van der Waals surface area contributed by atoms with Gasteiger partial charge in [-0.1, -0.05) is 145 Å². The first-order valence-electron chi connectivity index (χ1n) is 18.7. The van der Waals surface area contributed by atoms with Gasteiger partial charge in [-0.15, -0.1) is 0 Å². The van der Waals surface area contributed by atoms with Crippen molar-refractivity contribution in [3.63, 3.8) is 0 Å². The quantitative estimate of drug-likeness (QED) is 0.182. The van der Waals surface area contributed by atoms with E-state index in [2.05, 4.69) is 162 Å². The Morgan fingerprint density at radius 2 is 0.964 bits per heavy atom. The van der Waals surface area contributed by atoms with Crippen LogP contribution in [0.1, 0.15) is 22.3 Å². The number of para-hydroxylation sites is 3. The molecule has 0 saturated heterocycles. The van der Waals surface area contributed by atoms with Gasteiger partial charge >= 0.3 is 0 Å². The lowest BCUT2D eigenvalue weighted by Gasteiger charge is -2.39. The molecule has 0 atom stereocenters. The molecule has 0 fully saturated rings. The number of fused-ring (bicyclic) bond motifs is 13. The predicted molar refractivity (Wildman–Crippen MR) is 226 cm³/mol. The summed E-state index contributed by atoms with van der Waals surface area (Å²) >= 11 is 1.88. The summed E-state index contributed by atoms with van der Waals surface area (Å²) in [5.74, 6) is 0. The SMILES string of the molecule is c1ccc(-c2nc3ccccc3nc2-c2ccc(-n3c4ccccc4c4cc5c(cc43)C3(c4ccccc4Sc4ccccc43)c3ccccc3-5)cc2)cc1. The third-order valence-corrected chi connectivity index (χ3v) is 12.8. The third kappa shape index (κ3) is 4.29. The van der Waals surface area contributed by atoms with Crippen molar-refractivity contribution in [2.75, 3.05) is 0 Å². The first kappa shape index (κ1) is 30.7. The molecule has 55 heavy (non-hydrogen) atoms. The number of hydrogen-bond donors (Lipinski definition) is 0. The van der Waals surface area contributed by atoms with Gasteiger partial charge in [-0.3, -0.25) is 0 Å². The Labute approximate surface area is 322 Å². The van der Waals surface area contributed by atoms with Gasteiger partial charge in [0, 0.05) is 37.4 Å². The Kier molecular flexibility index (Phi) is 6.48. The zero-order valence-electron chi connectivity index (χ0n) is 29.6. The van der Waals surface area contributed by atoms with E-state index in [1.807, 2.05) is 42.1 Å². The number of benzene rings is 8. The number of aromatic nitrogens is 3. The van der Waals surface area contributed by atoms with Crippen LogP contribution in [0.15, 0.2) is 198 Å². The molecule has 1 spiro atoms. The summed E-state index contributed by atoms with van der Waals surface area (Å²) in [6.45, 7) is 0. The lowest BCUT2D eigenvalue weighted by Crippen LogP contribution is -2.31. The first-order chi connectivity index (χ1) is 27.3. The van der Waals surface area contributed by atoms with Crippen LogP contribution in [0.5, 0.6) is 0 Å². The summed E-state index contributed by atoms with van der Waals surface area (Å²) in [6, 6.07) is 68.3. The van der Waals surface area contributed by atoms with Crippen LogP contribution in [0.25, 0.3) is 72.2 Å². The van der Waals surface area contributed by atoms with E-state index >= 15 is 0 Å². The maximum Gasteiger partial charge on any atom is 0.0973 e. The Balaban J connectivity index is 1.11. The molecule has 4 heteroatoms. The monoisotopic (exact) mass is 717 g/mol. The second kappa shape index (κ2) is 11.6. The van der Waals surface area contributed by atoms with Crippen LogP contribution < -0.4 is 0 Å². The molecule has 8 aromatic carbocycles. The van der Waals surface area contributed by atoms with E-state index in [1.54, 1.807) is 0 Å². The number of hydrogen-bond acceptors (Lipinski definition) is 3. The van der Waals surface area contributed by atoms with Gasteiger partial charge < -0.3 is 4.57 Å². The molecule has 256 valence electrons. The molecule has 2 aromatic heterocycles. The van der Waals surface area contributed by atoms with Gasteiger partial charge in [-0.25, -0.2) is 9.97 Å². The second-order valence-electron chi connectivity index (χ2n) is 14.5. The summed E-state index contributed by atoms with van der Waals surface area (Å²) < 4.78 is 2.45. The van der Waals surface area contributed by atoms with E-state index in [1.165, 1.54) is 65.0 Å². The molecule has 10 aromatic rings. The van der Waals surface area contributed by atoms with Crippen LogP contribution in [0.2, 0.25) is 0 Å². The van der Waals surface area contributed by atoms with Crippen molar-refractivity contribution < 1.29 is 0 Å². The van der Waals surface area contributed by atoms with Crippen molar-refractivity contribution >= 4 is 44.6 Å². The normalized spacial score (nSPS) is 13.5. The lowest BCUT2D eigenvalue weighted by molar-refractivity contribution is 0.723. The molecule has 0 amide bonds. The summed E-state index contributed by atoms with van der Waals surface area (Å²) in [4.78, 5) is 12.9. The lowest BCUT2D eigenvalue weighted by atomic mass is 9.67. The summed E-state index contributed by atoms with van der Waals surface area (Å²) in [6.07, 6.45) is 0. The highest BCUT2D eigenvalue weighted by Gasteiger charge is 2.50. The highest BCUT2D eigenvalue weighted by atomic mass is 32.2. The van der Waals surface area contributed by atoms with Crippen LogP contribution in [0.3, 0.4) is 0 Å². The van der Waals surface area contributed by atoms with E-state index in [0.29, 0.717) is 0 Å². The van der Waals surface area contributed by atoms with Gasteiger partial charge in [-0.05, 0) is 88.0 Å². The molecule has 0 radical (unpaired) electrons. The maximum absolute atomic E-state index is 5.19. The fourth-order valence-electron chi connectivity index (χ4n) is 9.36. The minimum Gasteiger partial charge on any atom is -0.309 e. The van der Waals surface area contributed by atoms with Crippen LogP contribution in [0, 0.1) is 0 Å². The van der Waals surface area contributed by atoms with Gasteiger partial charge in [0.15, 0.2) is 0 Å². The summed E-state index contributed by atoms with van der Waals surface area (Å²) in [7, 11) is 0. The van der Waals surface area contributed by atoms with Crippen molar-refractivity contribution in [3.05, 3.63) is 210 Å². The molecule has 12 rings (SSSR count). The van der Waals surface area contributed by atoms with Crippen molar-refractivity contribution in [2.45, 2.75) is 15.2 Å². The highest BCUT2D eigenvalue weighted by Crippen LogP contribution is 2.62. The Morgan fingerprint density at radius 1 is 0.400 bits per heavy atom. The number of rotatable bonds is 3. The van der Waals surface area contributed by atoms with E-state index in [9.17, 15) is 0 Å². The molecule has 3 heterocycles. The second-order valence-corrected chi connectivity index (χ2v) is 15.6. The van der Waals surface area contributed by atoms with Gasteiger partial charge in [0.25, 0.3) is 0 Å². The standard InChI is InChI=1S/C51H31N3S/c1-2-14-32(15-3-1)49-50(53-44-22-10-9-21-43(44)52-49)33-26-28-34(29-27-33)54-45-23-11-5-17-36(45)38-30-37-35-16-4-6-18-39(35)51(42(37)31-46(38)54)40-19-7-12-24-47(40)55-48-25-13-8-20-41(48)51/h1-31H. The zero-order chi connectivity index (χ0) is 36.1. The molecule has 1 aliphatic carbocycles. The molecule has 3 nitrogen and oxygen atoms in total. The van der Waals surface area contributed by atoms with Crippen molar-refractivity contribution in [2.24, 2.45) is 0 Å². The Morgan fingerprint density at radius 3 is 1.67 bits per heavy atom. The largest absolute Gasteiger partial charge is 0.309 e. The van der Waals surface area contributed by atoms with Crippen molar-refractivity contribution in [3.8, 4) is 39.3 Å². The average molecular weight is 718 g/mol. The van der Waals surface area contributed by atoms with Crippen LogP contribution >= 0.6 is 11.8 Å². The molecule has 0 unspecified atom stereocenters. The van der Waals surface area contributed by atoms with Crippen molar-refractivity contribution in [1.29, 1.82) is 0 Å². The molecular weight excluding hydrogens is 687 g/mol. The van der Waals surface area contributed by atoms with E-state index < -0.39 is 5.41 Å². The Bertz CT molecular complexity index is 3130. The minimum atomic E-state index is -0.438. The van der Waals surface area contributed by atoms with Crippen molar-refractivity contribution in [1.82, 2.24) is 14.5 Å². The number of nitrogens with zero attached hydrogens (tertiary/aromatic N) is 3.